The smallest absolute Gasteiger partial charge is 0.305 e. The summed E-state index contributed by atoms with van der Waals surface area (Å²) in [5.74, 6) is -6.00. The number of carboxylic acids is 1. The summed E-state index contributed by atoms with van der Waals surface area (Å²) >= 11 is 0. The fourth-order valence-electron chi connectivity index (χ4n) is 5.01. The van der Waals surface area contributed by atoms with Gasteiger partial charge >= 0.3 is 5.97 Å². The van der Waals surface area contributed by atoms with Gasteiger partial charge in [0.25, 0.3) is 0 Å². The van der Waals surface area contributed by atoms with Gasteiger partial charge in [0.1, 0.15) is 29.9 Å². The molecule has 18 heteroatoms. The Bertz CT molecular complexity index is 1360. The van der Waals surface area contributed by atoms with E-state index in [2.05, 4.69) is 37.2 Å². The molecule has 1 heterocycles. The van der Waals surface area contributed by atoms with Crippen molar-refractivity contribution in [2.75, 3.05) is 19.6 Å². The first-order chi connectivity index (χ1) is 23.8. The Morgan fingerprint density at radius 3 is 2.02 bits per heavy atom. The average molecular weight is 704 g/mol. The lowest BCUT2D eigenvalue weighted by molar-refractivity contribution is -0.141. The number of hydrogen-bond acceptors (Lipinski definition) is 9. The van der Waals surface area contributed by atoms with Crippen molar-refractivity contribution in [1.82, 2.24) is 37.2 Å². The van der Waals surface area contributed by atoms with Crippen molar-refractivity contribution in [2.24, 2.45) is 5.73 Å². The molecule has 1 aliphatic rings. The van der Waals surface area contributed by atoms with E-state index >= 15 is 0 Å². The van der Waals surface area contributed by atoms with Crippen molar-refractivity contribution in [1.29, 1.82) is 5.41 Å². The van der Waals surface area contributed by atoms with Gasteiger partial charge in [-0.1, -0.05) is 25.5 Å². The predicted octanol–water partition coefficient (Wildman–Crippen LogP) is -1.78. The molecule has 2 rings (SSSR count). The van der Waals surface area contributed by atoms with Crippen molar-refractivity contribution in [3.63, 3.8) is 0 Å². The fourth-order valence-corrected chi connectivity index (χ4v) is 5.01. The lowest BCUT2D eigenvalue weighted by atomic mass is 10.0. The number of phenolic OH excluding ortho intramolecular Hbond substituents is 1. The number of amides is 6. The minimum Gasteiger partial charge on any atom is -0.508 e. The van der Waals surface area contributed by atoms with E-state index in [9.17, 15) is 43.8 Å². The maximum absolute atomic E-state index is 13.8. The highest BCUT2D eigenvalue weighted by Gasteiger charge is 2.33. The molecule has 0 spiro atoms. The van der Waals surface area contributed by atoms with Crippen LogP contribution in [0.2, 0.25) is 0 Å². The number of aromatic hydroxyl groups is 1. The van der Waals surface area contributed by atoms with E-state index in [1.165, 1.54) is 24.3 Å². The minimum atomic E-state index is -1.62. The topological polar surface area (TPSA) is 294 Å². The molecule has 0 aliphatic carbocycles. The molecule has 6 amide bonds. The van der Waals surface area contributed by atoms with E-state index < -0.39 is 72.6 Å². The van der Waals surface area contributed by atoms with Crippen molar-refractivity contribution >= 4 is 47.4 Å². The third-order valence-electron chi connectivity index (χ3n) is 7.71. The normalized spacial score (nSPS) is 20.5. The molecule has 1 aromatic carbocycles. The first-order valence-corrected chi connectivity index (χ1v) is 16.6. The van der Waals surface area contributed by atoms with Gasteiger partial charge in [0.2, 0.25) is 35.4 Å². The number of aliphatic carboxylic acids is 1. The molecule has 18 nitrogen and oxygen atoms in total. The maximum Gasteiger partial charge on any atom is 0.305 e. The molecule has 1 aromatic rings. The van der Waals surface area contributed by atoms with Crippen molar-refractivity contribution in [2.45, 2.75) is 95.3 Å². The number of nitrogens with two attached hydrogens (primary N) is 1. The van der Waals surface area contributed by atoms with Gasteiger partial charge in [-0.15, -0.1) is 0 Å². The van der Waals surface area contributed by atoms with E-state index in [0.29, 0.717) is 31.4 Å². The van der Waals surface area contributed by atoms with Crippen LogP contribution in [0.15, 0.2) is 24.3 Å². The molecule has 276 valence electrons. The molecule has 0 aromatic heterocycles. The fraction of sp³-hybridized carbons (Fsp3) is 0.562. The van der Waals surface area contributed by atoms with E-state index in [1.54, 1.807) is 0 Å². The summed E-state index contributed by atoms with van der Waals surface area (Å²) in [6.07, 6.45) is 2.31. The van der Waals surface area contributed by atoms with Crippen LogP contribution >= 0.6 is 0 Å². The van der Waals surface area contributed by atoms with Crippen LogP contribution in [-0.2, 0) is 40.0 Å². The summed E-state index contributed by atoms with van der Waals surface area (Å²) in [4.78, 5) is 90.3. The Kier molecular flexibility index (Phi) is 17.5. The maximum atomic E-state index is 13.8. The van der Waals surface area contributed by atoms with E-state index in [4.69, 9.17) is 11.1 Å². The van der Waals surface area contributed by atoms with Gasteiger partial charge in [0.15, 0.2) is 5.96 Å². The minimum absolute atomic E-state index is 0.0402. The zero-order valence-corrected chi connectivity index (χ0v) is 28.1. The number of carboxylic acid groups (broad SMARTS) is 1. The summed E-state index contributed by atoms with van der Waals surface area (Å²) in [5.41, 5.74) is 5.83. The molecule has 0 unspecified atom stereocenters. The number of rotatable bonds is 16. The van der Waals surface area contributed by atoms with Crippen LogP contribution in [0, 0.1) is 5.41 Å². The van der Waals surface area contributed by atoms with E-state index in [0.717, 1.165) is 12.8 Å². The lowest BCUT2D eigenvalue weighted by Gasteiger charge is -2.26. The van der Waals surface area contributed by atoms with Crippen LogP contribution in [-0.4, -0.2) is 101 Å². The number of benzene rings is 1. The number of unbranched alkanes of at least 4 members (excludes halogenated alkanes) is 2. The van der Waals surface area contributed by atoms with Crippen LogP contribution < -0.4 is 43.0 Å². The molecule has 0 bridgehead atoms. The Hall–Kier alpha value is -5.42. The predicted molar refractivity (Wildman–Crippen MR) is 180 cm³/mol. The highest BCUT2D eigenvalue weighted by Crippen LogP contribution is 2.13. The second-order valence-corrected chi connectivity index (χ2v) is 11.9. The van der Waals surface area contributed by atoms with Crippen LogP contribution in [0.25, 0.3) is 0 Å². The first-order valence-electron chi connectivity index (χ1n) is 16.6. The second kappa shape index (κ2) is 21.5. The quantitative estimate of drug-likeness (QED) is 0.0520. The zero-order valence-electron chi connectivity index (χ0n) is 28.1. The summed E-state index contributed by atoms with van der Waals surface area (Å²) in [6.45, 7) is 1.86. The molecule has 12 N–H and O–H groups in total. The highest BCUT2D eigenvalue weighted by molar-refractivity contribution is 5.98. The number of carbonyl (C=O) groups excluding carboxylic acids is 6. The Morgan fingerprint density at radius 2 is 1.38 bits per heavy atom. The van der Waals surface area contributed by atoms with Gasteiger partial charge < -0.3 is 53.2 Å². The van der Waals surface area contributed by atoms with E-state index in [-0.39, 0.29) is 49.8 Å². The monoisotopic (exact) mass is 703 g/mol. The Labute approximate surface area is 290 Å². The third-order valence-corrected chi connectivity index (χ3v) is 7.71. The number of hydrogen-bond donors (Lipinski definition) is 11. The first kappa shape index (κ1) is 40.8. The molecular weight excluding hydrogens is 654 g/mol. The summed E-state index contributed by atoms with van der Waals surface area (Å²) < 4.78 is 0. The van der Waals surface area contributed by atoms with Gasteiger partial charge in [-0.05, 0) is 56.2 Å². The van der Waals surface area contributed by atoms with Crippen molar-refractivity contribution < 1.29 is 43.8 Å². The van der Waals surface area contributed by atoms with Crippen molar-refractivity contribution in [3.8, 4) is 5.75 Å². The van der Waals surface area contributed by atoms with Crippen LogP contribution in [0.5, 0.6) is 5.75 Å². The largest absolute Gasteiger partial charge is 0.508 e. The average Bonchev–Trinajstić information content (AvgIpc) is 3.06. The van der Waals surface area contributed by atoms with Gasteiger partial charge in [-0.2, -0.15) is 0 Å². The number of phenols is 1. The molecule has 0 saturated carbocycles. The number of carbonyl (C=O) groups is 7. The molecule has 0 radical (unpaired) electrons. The third kappa shape index (κ3) is 15.7. The SMILES string of the molecule is CCCCC(=O)NCCCC[C@H]1NC(=O)[C@@H](CCCNC(=N)N)NC(=O)CNC(=O)[C@@H](CC(=O)O)NC(=O)[C@H](Cc2ccc(O)cc2)NC1=O. The summed E-state index contributed by atoms with van der Waals surface area (Å²) in [5, 5.41) is 44.3. The van der Waals surface area contributed by atoms with Crippen LogP contribution in [0.1, 0.15) is 70.3 Å². The van der Waals surface area contributed by atoms with Gasteiger partial charge in [-0.25, -0.2) is 0 Å². The van der Waals surface area contributed by atoms with Crippen LogP contribution in [0.3, 0.4) is 0 Å². The van der Waals surface area contributed by atoms with Gasteiger partial charge in [0, 0.05) is 25.9 Å². The van der Waals surface area contributed by atoms with Crippen LogP contribution in [0.4, 0.5) is 0 Å². The summed E-state index contributed by atoms with van der Waals surface area (Å²) in [6, 6.07) is 0.424. The van der Waals surface area contributed by atoms with Gasteiger partial charge in [-0.3, -0.25) is 39.0 Å². The zero-order chi connectivity index (χ0) is 37.1. The molecule has 1 saturated heterocycles. The Morgan fingerprint density at radius 1 is 0.800 bits per heavy atom. The van der Waals surface area contributed by atoms with Gasteiger partial charge in [0.05, 0.1) is 13.0 Å². The molecular formula is C32H49N9O9. The number of nitrogens with one attached hydrogen (secondary N) is 8. The lowest BCUT2D eigenvalue weighted by Crippen LogP contribution is -2.58. The standard InChI is InChI=1S/C32H49N9O9/c1-2-3-9-25(43)35-14-5-4-7-22-30(49)40-23(16-19-10-12-20(42)13-11-19)31(50)41-24(17-27(45)46)28(47)37-18-26(44)38-21(29(48)39-22)8-6-15-36-32(33)34/h10-13,21-24,42H,2-9,14-18H2,1H3,(H,35,43)(H,37,47)(H,38,44)(H,39,48)(H,40,49)(H,41,50)(H,45,46)(H4,33,34,36)/t21-,22-,23+,24-/m1/s1. The molecule has 50 heavy (non-hydrogen) atoms. The highest BCUT2D eigenvalue weighted by atomic mass is 16.4. The van der Waals surface area contributed by atoms with Crippen molar-refractivity contribution in [3.05, 3.63) is 29.8 Å². The second-order valence-electron chi connectivity index (χ2n) is 11.9. The molecule has 1 fully saturated rings. The number of guanidine groups is 1. The molecule has 4 atom stereocenters. The Balaban J connectivity index is 2.40. The molecule has 1 aliphatic heterocycles. The van der Waals surface area contributed by atoms with E-state index in [1.807, 2.05) is 6.92 Å². The summed E-state index contributed by atoms with van der Waals surface area (Å²) in [7, 11) is 0.